The predicted molar refractivity (Wildman–Crippen MR) is 119 cm³/mol. The highest BCUT2D eigenvalue weighted by atomic mass is 35.5. The van der Waals surface area contributed by atoms with E-state index < -0.39 is 68.4 Å². The fraction of sp³-hybridized carbons (Fsp3) is 0.409. The van der Waals surface area contributed by atoms with Gasteiger partial charge in [-0.25, -0.2) is 26.0 Å². The van der Waals surface area contributed by atoms with Crippen LogP contribution in [0, 0.1) is 17.6 Å². The summed E-state index contributed by atoms with van der Waals surface area (Å²) in [5, 5.41) is 1.43. The molecule has 1 saturated heterocycles. The lowest BCUT2D eigenvalue weighted by atomic mass is 10.0. The van der Waals surface area contributed by atoms with Crippen LogP contribution in [0.4, 0.5) is 17.6 Å². The van der Waals surface area contributed by atoms with Gasteiger partial charge in [0.1, 0.15) is 23.7 Å². The lowest BCUT2D eigenvalue weighted by molar-refractivity contribution is -0.127. The van der Waals surface area contributed by atoms with Crippen molar-refractivity contribution >= 4 is 33.3 Å². The van der Waals surface area contributed by atoms with Gasteiger partial charge in [0.05, 0.1) is 15.5 Å². The van der Waals surface area contributed by atoms with Gasteiger partial charge in [-0.2, -0.15) is 0 Å². The number of likely N-dealkylation sites (tertiary alicyclic amines) is 1. The number of hydrogen-bond acceptors (Lipinski definition) is 5. The summed E-state index contributed by atoms with van der Waals surface area (Å²) in [6, 6.07) is -1.81. The first kappa shape index (κ1) is 26.9. The van der Waals surface area contributed by atoms with Crippen molar-refractivity contribution in [1.29, 1.82) is 0 Å². The maximum Gasteiger partial charge on any atom is 0.262 e. The van der Waals surface area contributed by atoms with Gasteiger partial charge in [-0.3, -0.25) is 14.6 Å². The summed E-state index contributed by atoms with van der Waals surface area (Å²) in [4.78, 5) is 31.1. The Hall–Kier alpha value is -2.73. The van der Waals surface area contributed by atoms with Crippen LogP contribution in [0.5, 0.6) is 0 Å². The number of nitrogens with one attached hydrogen (secondary N) is 1. The fourth-order valence-electron chi connectivity index (χ4n) is 3.97. The maximum absolute atomic E-state index is 14.3. The predicted octanol–water partition coefficient (Wildman–Crippen LogP) is 3.78. The first-order valence-electron chi connectivity index (χ1n) is 10.4. The minimum absolute atomic E-state index is 0.103. The normalized spacial score (nSPS) is 21.3. The molecule has 0 spiro atoms. The third kappa shape index (κ3) is 5.58. The largest absolute Gasteiger partial charge is 0.342 e. The summed E-state index contributed by atoms with van der Waals surface area (Å²) >= 11 is 5.49. The van der Waals surface area contributed by atoms with Crippen molar-refractivity contribution in [2.75, 3.05) is 6.26 Å². The first-order chi connectivity index (χ1) is 16.2. The molecule has 13 heteroatoms. The topological polar surface area (TPSA) is 96.4 Å². The average Bonchev–Trinajstić information content (AvgIpc) is 3.08. The second kappa shape index (κ2) is 10.1. The van der Waals surface area contributed by atoms with Crippen LogP contribution in [-0.4, -0.2) is 54.9 Å². The number of sulfone groups is 1. The summed E-state index contributed by atoms with van der Waals surface area (Å²) in [7, 11) is -3.67. The van der Waals surface area contributed by atoms with Crippen molar-refractivity contribution in [2.24, 2.45) is 5.92 Å². The zero-order valence-electron chi connectivity index (χ0n) is 18.8. The van der Waals surface area contributed by atoms with Crippen LogP contribution in [0.15, 0.2) is 35.5 Å². The van der Waals surface area contributed by atoms with Gasteiger partial charge in [0.25, 0.3) is 12.3 Å². The van der Waals surface area contributed by atoms with Gasteiger partial charge in [-0.1, -0.05) is 18.5 Å². The number of hydrogen-bond donors (Lipinski definition) is 1. The number of halogens is 5. The Kier molecular flexibility index (Phi) is 7.75. The zero-order chi connectivity index (χ0) is 26.2. The van der Waals surface area contributed by atoms with E-state index in [1.54, 1.807) is 13.8 Å². The molecule has 1 N–H and O–H groups in total. The Morgan fingerprint density at radius 1 is 1.14 bits per heavy atom. The highest BCUT2D eigenvalue weighted by Crippen LogP contribution is 2.33. The Balaban J connectivity index is 1.93. The van der Waals surface area contributed by atoms with E-state index >= 15 is 0 Å². The second-order valence-electron chi connectivity index (χ2n) is 8.47. The summed E-state index contributed by atoms with van der Waals surface area (Å²) in [6.45, 7) is 3.41. The van der Waals surface area contributed by atoms with Gasteiger partial charge < -0.3 is 10.2 Å². The maximum atomic E-state index is 14.3. The van der Waals surface area contributed by atoms with Crippen molar-refractivity contribution in [3.05, 3.63) is 58.4 Å². The Morgan fingerprint density at radius 2 is 1.80 bits per heavy atom. The van der Waals surface area contributed by atoms with E-state index in [1.807, 2.05) is 5.32 Å². The van der Waals surface area contributed by atoms with Crippen molar-refractivity contribution < 1.29 is 35.6 Å². The number of pyridine rings is 1. The summed E-state index contributed by atoms with van der Waals surface area (Å²) in [6.07, 6.45) is -0.0523. The van der Waals surface area contributed by atoms with Gasteiger partial charge in [-0.05, 0) is 37.5 Å². The van der Waals surface area contributed by atoms with Crippen LogP contribution < -0.4 is 5.32 Å². The number of aromatic nitrogens is 1. The van der Waals surface area contributed by atoms with Gasteiger partial charge in [0.15, 0.2) is 9.84 Å². The highest BCUT2D eigenvalue weighted by molar-refractivity contribution is 7.90. The van der Waals surface area contributed by atoms with Crippen LogP contribution in [0.2, 0.25) is 5.02 Å². The lowest BCUT2D eigenvalue weighted by Gasteiger charge is -2.30. The minimum Gasteiger partial charge on any atom is -0.342 e. The number of carbonyl (C=O) groups excluding carboxylic acids is 2. The van der Waals surface area contributed by atoms with E-state index in [2.05, 4.69) is 4.98 Å². The van der Waals surface area contributed by atoms with E-state index in [1.165, 1.54) is 0 Å². The molecular weight excluding hydrogens is 514 g/mol. The Morgan fingerprint density at radius 3 is 2.40 bits per heavy atom. The molecule has 1 aliphatic heterocycles. The van der Waals surface area contributed by atoms with Crippen molar-refractivity contribution in [3.8, 4) is 0 Å². The second-order valence-corrected chi connectivity index (χ2v) is 10.9. The van der Waals surface area contributed by atoms with Crippen LogP contribution in [0.1, 0.15) is 42.2 Å². The molecule has 0 saturated carbocycles. The quantitative estimate of drug-likeness (QED) is 0.448. The number of rotatable bonds is 6. The molecule has 7 nitrogen and oxygen atoms in total. The van der Waals surface area contributed by atoms with E-state index in [0.717, 1.165) is 29.6 Å². The van der Waals surface area contributed by atoms with Gasteiger partial charge >= 0.3 is 0 Å². The van der Waals surface area contributed by atoms with E-state index in [9.17, 15) is 35.6 Å². The number of benzene rings is 1. The molecule has 0 bridgehead atoms. The standard InChI is InChI=1S/C22H22ClF4N3O4S/c1-10-4-18(21(31)29-19(20(26)27)14-6-17(25)15(23)7-16(14)24)30(11(10)2)22(32)12-5-13(9-28-8-12)35(3,33)34/h5-11,18-20H,4H2,1-3H3,(H,29,31)/t10-,11-,18-,19+/m1/s1. The summed E-state index contributed by atoms with van der Waals surface area (Å²) in [5.41, 5.74) is -0.903. The SMILES string of the molecule is C[C@@H]1C[C@H](C(=O)N[C@@H](c2cc(F)c(Cl)cc2F)C(F)F)N(C(=O)c2cncc(S(C)(=O)=O)c2)[C@@H]1C. The van der Waals surface area contributed by atoms with Gasteiger partial charge in [0, 0.05) is 30.3 Å². The number of nitrogens with zero attached hydrogens (tertiary/aromatic N) is 2. The summed E-state index contributed by atoms with van der Waals surface area (Å²) < 4.78 is 79.4. The van der Waals surface area contributed by atoms with E-state index in [0.29, 0.717) is 12.1 Å². The molecule has 2 amide bonds. The van der Waals surface area contributed by atoms with Crippen LogP contribution >= 0.6 is 11.6 Å². The van der Waals surface area contributed by atoms with Crippen LogP contribution in [-0.2, 0) is 14.6 Å². The van der Waals surface area contributed by atoms with Crippen LogP contribution in [0.3, 0.4) is 0 Å². The van der Waals surface area contributed by atoms with Gasteiger partial charge in [0.2, 0.25) is 5.91 Å². The molecule has 0 aliphatic carbocycles. The highest BCUT2D eigenvalue weighted by Gasteiger charge is 2.44. The van der Waals surface area contributed by atoms with Crippen molar-refractivity contribution in [1.82, 2.24) is 15.2 Å². The molecule has 1 fully saturated rings. The fourth-order valence-corrected chi connectivity index (χ4v) is 4.71. The molecule has 1 aromatic carbocycles. The molecule has 0 radical (unpaired) electrons. The smallest absolute Gasteiger partial charge is 0.262 e. The average molecular weight is 536 g/mol. The van der Waals surface area contributed by atoms with Gasteiger partial charge in [-0.15, -0.1) is 0 Å². The molecule has 2 aromatic rings. The number of amides is 2. The summed E-state index contributed by atoms with van der Waals surface area (Å²) in [5.74, 6) is -4.32. The minimum atomic E-state index is -3.67. The molecular formula is C22H22ClF4N3O4S. The van der Waals surface area contributed by atoms with E-state index in [-0.39, 0.29) is 22.8 Å². The Labute approximate surface area is 204 Å². The molecule has 35 heavy (non-hydrogen) atoms. The molecule has 4 atom stereocenters. The zero-order valence-corrected chi connectivity index (χ0v) is 20.4. The monoisotopic (exact) mass is 535 g/mol. The first-order valence-corrected chi connectivity index (χ1v) is 12.7. The van der Waals surface area contributed by atoms with E-state index in [4.69, 9.17) is 11.6 Å². The van der Waals surface area contributed by atoms with Crippen molar-refractivity contribution in [2.45, 2.75) is 49.7 Å². The third-order valence-corrected chi connectivity index (χ3v) is 7.41. The van der Waals surface area contributed by atoms with Crippen molar-refractivity contribution in [3.63, 3.8) is 0 Å². The molecule has 0 unspecified atom stereocenters. The third-order valence-electron chi connectivity index (χ3n) is 6.04. The molecule has 190 valence electrons. The number of carbonyl (C=O) groups is 2. The Bertz CT molecular complexity index is 1260. The lowest BCUT2D eigenvalue weighted by Crippen LogP contribution is -2.50. The molecule has 3 rings (SSSR count). The number of alkyl halides is 2. The molecule has 2 heterocycles. The van der Waals surface area contributed by atoms with Crippen LogP contribution in [0.25, 0.3) is 0 Å². The molecule has 1 aliphatic rings. The molecule has 1 aromatic heterocycles.